The van der Waals surface area contributed by atoms with Crippen LogP contribution in [-0.2, 0) is 6.42 Å². The zero-order valence-corrected chi connectivity index (χ0v) is 13.9. The van der Waals surface area contributed by atoms with E-state index in [0.717, 1.165) is 37.2 Å². The zero-order valence-electron chi connectivity index (χ0n) is 13.1. The van der Waals surface area contributed by atoms with Gasteiger partial charge in [0.05, 0.1) is 17.1 Å². The van der Waals surface area contributed by atoms with Crippen molar-refractivity contribution in [3.63, 3.8) is 0 Å². The van der Waals surface area contributed by atoms with E-state index in [-0.39, 0.29) is 11.9 Å². The summed E-state index contributed by atoms with van der Waals surface area (Å²) >= 11 is 1.64. The average Bonchev–Trinajstić information content (AvgIpc) is 3.17. The van der Waals surface area contributed by atoms with Gasteiger partial charge in [-0.2, -0.15) is 0 Å². The highest BCUT2D eigenvalue weighted by molar-refractivity contribution is 7.14. The van der Waals surface area contributed by atoms with Crippen LogP contribution in [0.1, 0.15) is 47.3 Å². The molecule has 118 valence electrons. The topological polar surface area (TPSA) is 51.0 Å². The Morgan fingerprint density at radius 3 is 3.05 bits per heavy atom. The van der Waals surface area contributed by atoms with Crippen LogP contribution in [0.2, 0.25) is 0 Å². The number of thiophene rings is 1. The molecule has 5 nitrogen and oxygen atoms in total. The minimum atomic E-state index is 0.157. The van der Waals surface area contributed by atoms with Gasteiger partial charge in [0, 0.05) is 24.2 Å². The van der Waals surface area contributed by atoms with Gasteiger partial charge in [0.1, 0.15) is 0 Å². The van der Waals surface area contributed by atoms with E-state index in [4.69, 9.17) is 0 Å². The third-order valence-electron chi connectivity index (χ3n) is 3.98. The number of rotatable bonds is 4. The van der Waals surface area contributed by atoms with Crippen LogP contribution in [0.4, 0.5) is 0 Å². The van der Waals surface area contributed by atoms with Gasteiger partial charge < -0.3 is 4.90 Å². The Morgan fingerprint density at radius 2 is 2.32 bits per heavy atom. The number of hydrogen-bond donors (Lipinski definition) is 0. The normalized spacial score (nSPS) is 18.9. The SMILES string of the molecule is CC(C)Cc1ccc(C(=O)N2CCCC(n3ccnn3)C2)s1. The minimum absolute atomic E-state index is 0.157. The van der Waals surface area contributed by atoms with Gasteiger partial charge in [-0.25, -0.2) is 4.68 Å². The largest absolute Gasteiger partial charge is 0.336 e. The number of amides is 1. The van der Waals surface area contributed by atoms with E-state index < -0.39 is 0 Å². The van der Waals surface area contributed by atoms with Gasteiger partial charge in [0.15, 0.2) is 0 Å². The van der Waals surface area contributed by atoms with Crippen LogP contribution in [0.5, 0.6) is 0 Å². The molecule has 0 radical (unpaired) electrons. The molecular formula is C16H22N4OS. The highest BCUT2D eigenvalue weighted by Gasteiger charge is 2.26. The molecule has 0 bridgehead atoms. The summed E-state index contributed by atoms with van der Waals surface area (Å²) in [5, 5.41) is 7.94. The molecule has 0 N–H and O–H groups in total. The molecule has 1 aliphatic rings. The molecule has 0 saturated carbocycles. The minimum Gasteiger partial charge on any atom is -0.336 e. The van der Waals surface area contributed by atoms with Crippen LogP contribution in [0.25, 0.3) is 0 Å². The second kappa shape index (κ2) is 6.60. The van der Waals surface area contributed by atoms with Crippen molar-refractivity contribution in [3.8, 4) is 0 Å². The van der Waals surface area contributed by atoms with Crippen molar-refractivity contribution in [2.45, 2.75) is 39.2 Å². The van der Waals surface area contributed by atoms with Crippen molar-refractivity contribution >= 4 is 17.2 Å². The van der Waals surface area contributed by atoms with Crippen molar-refractivity contribution < 1.29 is 4.79 Å². The van der Waals surface area contributed by atoms with E-state index >= 15 is 0 Å². The summed E-state index contributed by atoms with van der Waals surface area (Å²) in [5.41, 5.74) is 0. The van der Waals surface area contributed by atoms with Crippen LogP contribution < -0.4 is 0 Å². The van der Waals surface area contributed by atoms with E-state index in [0.29, 0.717) is 5.92 Å². The predicted octanol–water partition coefficient (Wildman–Crippen LogP) is 3.02. The average molecular weight is 318 g/mol. The number of aromatic nitrogens is 3. The summed E-state index contributed by atoms with van der Waals surface area (Å²) in [6.07, 6.45) is 6.68. The summed E-state index contributed by atoms with van der Waals surface area (Å²) in [6, 6.07) is 4.32. The Labute approximate surface area is 134 Å². The van der Waals surface area contributed by atoms with Crippen molar-refractivity contribution in [2.24, 2.45) is 5.92 Å². The molecule has 0 aromatic carbocycles. The smallest absolute Gasteiger partial charge is 0.263 e. The molecule has 0 aliphatic carbocycles. The molecule has 6 heteroatoms. The Balaban J connectivity index is 1.67. The monoisotopic (exact) mass is 318 g/mol. The maximum Gasteiger partial charge on any atom is 0.263 e. The van der Waals surface area contributed by atoms with Crippen LogP contribution in [0.15, 0.2) is 24.5 Å². The second-order valence-electron chi connectivity index (χ2n) is 6.29. The van der Waals surface area contributed by atoms with Gasteiger partial charge in [0.25, 0.3) is 5.91 Å². The van der Waals surface area contributed by atoms with Gasteiger partial charge in [-0.05, 0) is 37.3 Å². The number of likely N-dealkylation sites (tertiary alicyclic amines) is 1. The lowest BCUT2D eigenvalue weighted by molar-refractivity contribution is 0.0677. The zero-order chi connectivity index (χ0) is 15.5. The van der Waals surface area contributed by atoms with Crippen molar-refractivity contribution in [3.05, 3.63) is 34.3 Å². The number of nitrogens with zero attached hydrogens (tertiary/aromatic N) is 4. The third-order valence-corrected chi connectivity index (χ3v) is 5.08. The lowest BCUT2D eigenvalue weighted by Gasteiger charge is -2.32. The Hall–Kier alpha value is -1.69. The quantitative estimate of drug-likeness (QED) is 0.871. The Kier molecular flexibility index (Phi) is 4.57. The molecule has 1 fully saturated rings. The fourth-order valence-corrected chi connectivity index (χ4v) is 4.12. The molecular weight excluding hydrogens is 296 g/mol. The Bertz CT molecular complexity index is 620. The van der Waals surface area contributed by atoms with Crippen molar-refractivity contribution in [2.75, 3.05) is 13.1 Å². The molecule has 1 amide bonds. The molecule has 1 saturated heterocycles. The number of carbonyl (C=O) groups is 1. The first-order valence-electron chi connectivity index (χ1n) is 7.87. The molecule has 1 atom stereocenters. The van der Waals surface area contributed by atoms with Crippen LogP contribution in [0, 0.1) is 5.92 Å². The second-order valence-corrected chi connectivity index (χ2v) is 7.46. The number of hydrogen-bond acceptors (Lipinski definition) is 4. The third kappa shape index (κ3) is 3.38. The van der Waals surface area contributed by atoms with Crippen LogP contribution >= 0.6 is 11.3 Å². The molecule has 3 rings (SSSR count). The van der Waals surface area contributed by atoms with Gasteiger partial charge in [-0.15, -0.1) is 16.4 Å². The standard InChI is InChI=1S/C16H22N4OS/c1-12(2)10-14-5-6-15(22-14)16(21)19-8-3-4-13(11-19)20-9-7-17-18-20/h5-7,9,12-13H,3-4,8,10-11H2,1-2H3. The van der Waals surface area contributed by atoms with Crippen LogP contribution in [-0.4, -0.2) is 38.9 Å². The van der Waals surface area contributed by atoms with E-state index in [1.54, 1.807) is 17.5 Å². The summed E-state index contributed by atoms with van der Waals surface area (Å²) in [4.78, 5) is 16.8. The molecule has 0 spiro atoms. The van der Waals surface area contributed by atoms with E-state index in [2.05, 4.69) is 30.2 Å². The van der Waals surface area contributed by atoms with Crippen LogP contribution in [0.3, 0.4) is 0 Å². The highest BCUT2D eigenvalue weighted by atomic mass is 32.1. The molecule has 1 aliphatic heterocycles. The van der Waals surface area contributed by atoms with Gasteiger partial charge in [-0.3, -0.25) is 4.79 Å². The van der Waals surface area contributed by atoms with Gasteiger partial charge in [0.2, 0.25) is 0 Å². The predicted molar refractivity (Wildman–Crippen MR) is 87.1 cm³/mol. The number of piperidine rings is 1. The molecule has 2 aromatic rings. The first kappa shape index (κ1) is 15.2. The lowest BCUT2D eigenvalue weighted by atomic mass is 10.1. The first-order valence-corrected chi connectivity index (χ1v) is 8.69. The summed E-state index contributed by atoms with van der Waals surface area (Å²) in [6.45, 7) is 5.96. The van der Waals surface area contributed by atoms with E-state index in [1.807, 2.05) is 21.8 Å². The highest BCUT2D eigenvalue weighted by Crippen LogP contribution is 2.25. The summed E-state index contributed by atoms with van der Waals surface area (Å²) < 4.78 is 1.87. The van der Waals surface area contributed by atoms with E-state index in [9.17, 15) is 4.79 Å². The van der Waals surface area contributed by atoms with E-state index in [1.165, 1.54) is 4.88 Å². The maximum absolute atomic E-state index is 12.7. The van der Waals surface area contributed by atoms with Gasteiger partial charge in [-0.1, -0.05) is 19.1 Å². The lowest BCUT2D eigenvalue weighted by Crippen LogP contribution is -2.40. The number of carbonyl (C=O) groups excluding carboxylic acids is 1. The fourth-order valence-electron chi connectivity index (χ4n) is 2.93. The maximum atomic E-state index is 12.7. The fraction of sp³-hybridized carbons (Fsp3) is 0.562. The van der Waals surface area contributed by atoms with Gasteiger partial charge >= 0.3 is 0 Å². The Morgan fingerprint density at radius 1 is 1.45 bits per heavy atom. The summed E-state index contributed by atoms with van der Waals surface area (Å²) in [5.74, 6) is 0.776. The first-order chi connectivity index (χ1) is 10.6. The molecule has 1 unspecified atom stereocenters. The molecule has 2 aromatic heterocycles. The molecule has 22 heavy (non-hydrogen) atoms. The summed E-state index contributed by atoms with van der Waals surface area (Å²) in [7, 11) is 0. The van der Waals surface area contributed by atoms with Crippen molar-refractivity contribution in [1.29, 1.82) is 0 Å². The van der Waals surface area contributed by atoms with Crippen molar-refractivity contribution in [1.82, 2.24) is 19.9 Å². The molecule has 3 heterocycles.